The first-order valence-electron chi connectivity index (χ1n) is 22.0. The number of benzene rings is 5. The summed E-state index contributed by atoms with van der Waals surface area (Å²) in [5, 5.41) is 0. The van der Waals surface area contributed by atoms with Crippen LogP contribution in [0.25, 0.3) is 22.3 Å². The van der Waals surface area contributed by atoms with Gasteiger partial charge in [0.1, 0.15) is 0 Å². The molecule has 6 aliphatic rings. The summed E-state index contributed by atoms with van der Waals surface area (Å²) in [5.74, 6) is 1.36. The molecule has 0 N–H and O–H groups in total. The Morgan fingerprint density at radius 3 is 1.96 bits per heavy atom. The van der Waals surface area contributed by atoms with Crippen molar-refractivity contribution in [3.8, 4) is 22.3 Å². The van der Waals surface area contributed by atoms with E-state index in [1.165, 1.54) is 17.5 Å². The Morgan fingerprint density at radius 1 is 0.571 bits per heavy atom. The first-order valence-corrected chi connectivity index (χ1v) is 18.5. The highest BCUT2D eigenvalue weighted by molar-refractivity contribution is 5.96. The van der Waals surface area contributed by atoms with Crippen LogP contribution in [0.3, 0.4) is 0 Å². The third kappa shape index (κ3) is 4.17. The molecule has 4 bridgehead atoms. The molecule has 246 valence electrons. The van der Waals surface area contributed by atoms with E-state index in [-0.39, 0.29) is 65.0 Å². The molecule has 0 aromatic heterocycles. The molecule has 5 aromatic carbocycles. The molecule has 0 heterocycles. The quantitative estimate of drug-likeness (QED) is 0.188. The van der Waals surface area contributed by atoms with Gasteiger partial charge in [0.05, 0.1) is 21.0 Å². The van der Waals surface area contributed by atoms with Gasteiger partial charge in [0.25, 0.3) is 0 Å². The fourth-order valence-corrected chi connectivity index (χ4v) is 11.5. The molecule has 0 aliphatic heterocycles. The van der Waals surface area contributed by atoms with Crippen molar-refractivity contribution in [3.63, 3.8) is 0 Å². The van der Waals surface area contributed by atoms with Crippen molar-refractivity contribution < 1.29 is 9.60 Å². The molecular weight excluding hydrogens is 591 g/mol. The van der Waals surface area contributed by atoms with Gasteiger partial charge in [-0.15, -0.1) is 0 Å². The highest BCUT2D eigenvalue weighted by Gasteiger charge is 2.62. The number of nitrogens with zero attached hydrogens (tertiary/aromatic N) is 1. The normalized spacial score (nSPS) is 29.8. The summed E-state index contributed by atoms with van der Waals surface area (Å²) in [6.07, 6.45) is 7.04. The van der Waals surface area contributed by atoms with Gasteiger partial charge in [0, 0.05) is 16.7 Å². The number of rotatable bonds is 4. The molecule has 0 unspecified atom stereocenters. The second kappa shape index (κ2) is 10.5. The van der Waals surface area contributed by atoms with Crippen LogP contribution in [-0.2, 0) is 16.2 Å². The van der Waals surface area contributed by atoms with E-state index >= 15 is 0 Å². The zero-order valence-electron chi connectivity index (χ0n) is 36.1. The lowest BCUT2D eigenvalue weighted by Crippen LogP contribution is -2.55. The van der Waals surface area contributed by atoms with Gasteiger partial charge in [-0.05, 0) is 143 Å². The second-order valence-electron chi connectivity index (χ2n) is 17.1. The average Bonchev–Trinajstić information content (AvgIpc) is 3.50. The van der Waals surface area contributed by atoms with E-state index in [1.54, 1.807) is 0 Å². The summed E-state index contributed by atoms with van der Waals surface area (Å²) in [4.78, 5) is 2.13. The molecular formula is C48H49N. The summed E-state index contributed by atoms with van der Waals surface area (Å²) in [7, 11) is 0. The van der Waals surface area contributed by atoms with Crippen LogP contribution in [0.5, 0.6) is 0 Å². The van der Waals surface area contributed by atoms with Crippen molar-refractivity contribution in [2.75, 3.05) is 4.90 Å². The molecule has 4 saturated carbocycles. The van der Waals surface area contributed by atoms with Gasteiger partial charge in [-0.1, -0.05) is 119 Å². The molecule has 1 spiro atoms. The summed E-state index contributed by atoms with van der Waals surface area (Å²) < 4.78 is 66.8. The summed E-state index contributed by atoms with van der Waals surface area (Å²) in [6, 6.07) is 24.2. The van der Waals surface area contributed by atoms with Crippen molar-refractivity contribution in [2.24, 2.45) is 23.7 Å². The molecule has 11 rings (SSSR count). The molecule has 0 atom stereocenters. The Labute approximate surface area is 303 Å². The minimum atomic E-state index is -0.815. The van der Waals surface area contributed by atoms with Crippen molar-refractivity contribution in [1.82, 2.24) is 0 Å². The van der Waals surface area contributed by atoms with Crippen LogP contribution < -0.4 is 4.90 Å². The Bertz CT molecular complexity index is 2440. The number of fused-ring (bicyclic) bond motifs is 4. The molecule has 49 heavy (non-hydrogen) atoms. The molecule has 5 aromatic rings. The molecule has 0 saturated heterocycles. The lowest BCUT2D eigenvalue weighted by molar-refractivity contribution is -0.0399. The Morgan fingerprint density at radius 2 is 1.22 bits per heavy atom. The summed E-state index contributed by atoms with van der Waals surface area (Å²) in [5.41, 5.74) is 7.88. The number of hydrogen-bond acceptors (Lipinski definition) is 1. The molecule has 4 fully saturated rings. The molecule has 1 heteroatoms. The fourth-order valence-electron chi connectivity index (χ4n) is 11.5. The zero-order chi connectivity index (χ0) is 39.2. The maximum Gasteiger partial charge on any atom is 0.0645 e. The minimum absolute atomic E-state index is 0.00483. The average molecular weight is 647 g/mol. The molecule has 1 nitrogen and oxygen atoms in total. The zero-order valence-corrected chi connectivity index (χ0v) is 29.1. The third-order valence-electron chi connectivity index (χ3n) is 13.6. The van der Waals surface area contributed by atoms with Crippen molar-refractivity contribution >= 4 is 17.1 Å². The van der Waals surface area contributed by atoms with Crippen LogP contribution in [0, 0.1) is 23.7 Å². The maximum absolute atomic E-state index is 9.95. The number of hydrogen-bond donors (Lipinski definition) is 0. The van der Waals surface area contributed by atoms with E-state index in [4.69, 9.17) is 2.74 Å². The van der Waals surface area contributed by atoms with E-state index < -0.39 is 5.41 Å². The highest BCUT2D eigenvalue weighted by Crippen LogP contribution is 2.70. The van der Waals surface area contributed by atoms with Crippen LogP contribution in [0.15, 0.2) is 115 Å². The van der Waals surface area contributed by atoms with E-state index in [1.807, 2.05) is 18.2 Å². The topological polar surface area (TPSA) is 3.24 Å². The molecule has 0 amide bonds. The smallest absolute Gasteiger partial charge is 0.0645 e. The van der Waals surface area contributed by atoms with Gasteiger partial charge in [-0.25, -0.2) is 0 Å². The van der Waals surface area contributed by atoms with E-state index in [2.05, 4.69) is 87.2 Å². The van der Waals surface area contributed by atoms with Gasteiger partial charge in [-0.2, -0.15) is 0 Å². The fraction of sp³-hybridized carbons (Fsp3) is 0.375. The van der Waals surface area contributed by atoms with Crippen LogP contribution in [0.4, 0.5) is 17.1 Å². The predicted octanol–water partition coefficient (Wildman–Crippen LogP) is 12.9. The van der Waals surface area contributed by atoms with Crippen LogP contribution in [-0.4, -0.2) is 0 Å². The van der Waals surface area contributed by atoms with Gasteiger partial charge >= 0.3 is 0 Å². The molecule has 0 radical (unpaired) electrons. The largest absolute Gasteiger partial charge is 0.310 e. The highest BCUT2D eigenvalue weighted by atomic mass is 15.1. The first kappa shape index (κ1) is 23.3. The van der Waals surface area contributed by atoms with Crippen LogP contribution in [0.1, 0.15) is 104 Å². The second-order valence-corrected chi connectivity index (χ2v) is 17.1. The van der Waals surface area contributed by atoms with Crippen molar-refractivity contribution in [1.29, 1.82) is 0 Å². The summed E-state index contributed by atoms with van der Waals surface area (Å²) >= 11 is 0. The van der Waals surface area contributed by atoms with E-state index in [9.17, 15) is 6.85 Å². The van der Waals surface area contributed by atoms with Gasteiger partial charge < -0.3 is 4.90 Å². The third-order valence-corrected chi connectivity index (χ3v) is 13.6. The lowest BCUT2D eigenvalue weighted by Gasteiger charge is -2.61. The van der Waals surface area contributed by atoms with E-state index in [0.29, 0.717) is 39.8 Å². The Kier molecular flexibility index (Phi) is 4.98. The Balaban J connectivity index is 1.35. The standard InChI is InChI=1S/C48H49N/c1-46(2)24-25-47(3,4)45-41(46)17-11-19-43(45)49(37-22-20-34(21-23-37)33-12-6-5-7-13-33)42-18-10-16-40-44(42)38-14-8-9-15-39(38)48(40)35-27-31-26-32(29-35)30-36(48)28-31/h5-23,31-32,35-36H,24-30H2,1-4H3/i8D,9D,10D,14D,15D,16D,18D. The Hall–Kier alpha value is -4.10. The lowest BCUT2D eigenvalue weighted by atomic mass is 9.43. The monoisotopic (exact) mass is 646 g/mol. The molecule has 6 aliphatic carbocycles. The SMILES string of the molecule is [2H]c1c([2H])c([2H])c2c(c1[2H])-c1c(N(c3ccc(-c4ccccc4)cc3)c3cccc4c3C(C)(C)CCC4(C)C)c([2H])c([2H])c([2H])c1C21C2CC3CC(C2)CC1C3. The minimum Gasteiger partial charge on any atom is -0.310 e. The van der Waals surface area contributed by atoms with Gasteiger partial charge in [0.2, 0.25) is 0 Å². The van der Waals surface area contributed by atoms with Crippen molar-refractivity contribution in [2.45, 2.75) is 88.9 Å². The number of anilines is 3. The van der Waals surface area contributed by atoms with Gasteiger partial charge in [-0.3, -0.25) is 0 Å². The predicted molar refractivity (Wildman–Crippen MR) is 205 cm³/mol. The maximum atomic E-state index is 9.95. The van der Waals surface area contributed by atoms with Crippen LogP contribution >= 0.6 is 0 Å². The van der Waals surface area contributed by atoms with Crippen molar-refractivity contribution in [3.05, 3.63) is 137 Å². The van der Waals surface area contributed by atoms with Gasteiger partial charge in [0.15, 0.2) is 0 Å². The first-order chi connectivity index (χ1) is 26.7. The van der Waals surface area contributed by atoms with E-state index in [0.717, 1.165) is 61.0 Å². The summed E-state index contributed by atoms with van der Waals surface area (Å²) in [6.45, 7) is 9.20. The van der Waals surface area contributed by atoms with Crippen LogP contribution in [0.2, 0.25) is 0 Å².